The third-order valence-corrected chi connectivity index (χ3v) is 9.81. The van der Waals surface area contributed by atoms with Crippen LogP contribution in [-0.4, -0.2) is 14.1 Å². The number of nitrogens with zero attached hydrogens (tertiary/aromatic N) is 4. The maximum absolute atomic E-state index is 14.2. The average Bonchev–Trinajstić information content (AvgIpc) is 3.45. The molecule has 3 heterocycles. The van der Waals surface area contributed by atoms with Crippen molar-refractivity contribution in [2.45, 2.75) is 32.7 Å². The van der Waals surface area contributed by atoms with Crippen LogP contribution in [0.5, 0.6) is 0 Å². The summed E-state index contributed by atoms with van der Waals surface area (Å²) in [6, 6.07) is 24.9. The van der Waals surface area contributed by atoms with Gasteiger partial charge in [-0.15, -0.1) is 0 Å². The Bertz CT molecular complexity index is 2140. The number of allylic oxidation sites excluding steroid dienone is 1. The highest BCUT2D eigenvalue weighted by Gasteiger charge is 2.33. The maximum Gasteiger partial charge on any atom is 0.271 e. The molecule has 7 nitrogen and oxygen atoms in total. The number of rotatable bonds is 4. The molecular formula is C33H25IN4O3S. The first kappa shape index (κ1) is 26.8. The number of thiazole rings is 1. The van der Waals surface area contributed by atoms with Crippen LogP contribution in [0.1, 0.15) is 46.1 Å². The summed E-state index contributed by atoms with van der Waals surface area (Å²) in [5.41, 5.74) is 8.93. The first-order valence-electron chi connectivity index (χ1n) is 13.6. The van der Waals surface area contributed by atoms with Crippen LogP contribution in [0.25, 0.3) is 17.5 Å². The van der Waals surface area contributed by atoms with Gasteiger partial charge in [-0.1, -0.05) is 47.7 Å². The Morgan fingerprint density at radius 1 is 1.02 bits per heavy atom. The predicted molar refractivity (Wildman–Crippen MR) is 174 cm³/mol. The fourth-order valence-corrected chi connectivity index (χ4v) is 7.54. The van der Waals surface area contributed by atoms with E-state index in [-0.39, 0.29) is 16.2 Å². The summed E-state index contributed by atoms with van der Waals surface area (Å²) in [7, 11) is 0. The molecule has 208 valence electrons. The van der Waals surface area contributed by atoms with Gasteiger partial charge in [0.2, 0.25) is 0 Å². The van der Waals surface area contributed by atoms with Gasteiger partial charge in [0.25, 0.3) is 11.2 Å². The fraction of sp³-hybridized carbons (Fsp3) is 0.152. The van der Waals surface area contributed by atoms with E-state index in [1.807, 2.05) is 24.3 Å². The number of nitro benzene ring substituents is 1. The van der Waals surface area contributed by atoms with E-state index in [1.165, 1.54) is 26.5 Å². The lowest BCUT2D eigenvalue weighted by molar-refractivity contribution is -0.384. The van der Waals surface area contributed by atoms with Crippen LogP contribution >= 0.6 is 33.9 Å². The van der Waals surface area contributed by atoms with Crippen LogP contribution in [0.2, 0.25) is 0 Å². The molecule has 0 unspecified atom stereocenters. The van der Waals surface area contributed by atoms with E-state index in [1.54, 1.807) is 16.7 Å². The number of hydrogen-bond donors (Lipinski definition) is 0. The standard InChI is InChI=1S/C33H25IN4O3S/c1-19-16-23(20(2)36(19)25-13-11-24(34)12-14-25)18-29-32(39)37-31(22-7-5-8-26(17-22)38(40)41)28-15-10-21-6-3-4-9-27(21)30(28)35-33(37)42-29/h3-9,11-14,16-18,31H,10,15H2,1-2H3/b29-18+/t31-/m1/s1. The van der Waals surface area contributed by atoms with Gasteiger partial charge in [-0.2, -0.15) is 0 Å². The molecule has 0 spiro atoms. The lowest BCUT2D eigenvalue weighted by Gasteiger charge is -2.30. The van der Waals surface area contributed by atoms with Gasteiger partial charge in [0, 0.05) is 38.3 Å². The van der Waals surface area contributed by atoms with Gasteiger partial charge in [0.1, 0.15) is 0 Å². The Hall–Kier alpha value is -4.09. The summed E-state index contributed by atoms with van der Waals surface area (Å²) in [4.78, 5) is 31.1. The predicted octanol–water partition coefficient (Wildman–Crippen LogP) is 6.24. The minimum atomic E-state index is -0.467. The van der Waals surface area contributed by atoms with E-state index in [4.69, 9.17) is 4.99 Å². The van der Waals surface area contributed by atoms with Crippen molar-refractivity contribution in [3.8, 4) is 5.69 Å². The zero-order chi connectivity index (χ0) is 29.1. The molecule has 9 heteroatoms. The van der Waals surface area contributed by atoms with Gasteiger partial charge in [0.05, 0.1) is 21.2 Å². The number of hydrogen-bond acceptors (Lipinski definition) is 5. The smallest absolute Gasteiger partial charge is 0.271 e. The highest BCUT2D eigenvalue weighted by atomic mass is 127. The number of fused-ring (bicyclic) bond motifs is 3. The molecule has 1 atom stereocenters. The molecule has 42 heavy (non-hydrogen) atoms. The van der Waals surface area contributed by atoms with Crippen molar-refractivity contribution in [3.63, 3.8) is 0 Å². The molecule has 0 saturated carbocycles. The van der Waals surface area contributed by atoms with Crippen LogP contribution in [0.4, 0.5) is 5.69 Å². The Labute approximate surface area is 259 Å². The van der Waals surface area contributed by atoms with Gasteiger partial charge in [-0.3, -0.25) is 19.5 Å². The van der Waals surface area contributed by atoms with E-state index in [9.17, 15) is 14.9 Å². The van der Waals surface area contributed by atoms with E-state index in [0.29, 0.717) is 9.33 Å². The molecule has 3 aromatic carbocycles. The first-order chi connectivity index (χ1) is 20.3. The third kappa shape index (κ3) is 4.38. The molecule has 2 aliphatic rings. The number of benzene rings is 3. The zero-order valence-corrected chi connectivity index (χ0v) is 25.8. The Morgan fingerprint density at radius 3 is 2.60 bits per heavy atom. The number of aryl methyl sites for hydroxylation is 2. The second-order valence-corrected chi connectivity index (χ2v) is 12.9. The number of aromatic nitrogens is 2. The van der Waals surface area contributed by atoms with Crippen molar-refractivity contribution in [1.29, 1.82) is 0 Å². The Balaban J connectivity index is 1.44. The second-order valence-electron chi connectivity index (χ2n) is 10.6. The average molecular weight is 685 g/mol. The zero-order valence-electron chi connectivity index (χ0n) is 22.9. The third-order valence-electron chi connectivity index (χ3n) is 8.11. The molecule has 2 aromatic heterocycles. The normalized spacial score (nSPS) is 16.1. The van der Waals surface area contributed by atoms with Crippen molar-refractivity contribution < 1.29 is 4.92 Å². The van der Waals surface area contributed by atoms with Gasteiger partial charge < -0.3 is 4.57 Å². The van der Waals surface area contributed by atoms with Gasteiger partial charge >= 0.3 is 0 Å². The SMILES string of the molecule is Cc1cc(/C=c2/sc3n(c2=O)[C@H](c2cccc([N+](=O)[O-])c2)C2=C(N=3)c3ccccc3CC2)c(C)n1-c1ccc(I)cc1. The first-order valence-corrected chi connectivity index (χ1v) is 15.5. The topological polar surface area (TPSA) is 82.4 Å². The maximum atomic E-state index is 14.2. The minimum absolute atomic E-state index is 0.00743. The number of non-ortho nitro benzene ring substituents is 1. The van der Waals surface area contributed by atoms with Gasteiger partial charge in [0.15, 0.2) is 4.80 Å². The minimum Gasteiger partial charge on any atom is -0.318 e. The summed E-state index contributed by atoms with van der Waals surface area (Å²) < 4.78 is 5.69. The molecular weight excluding hydrogens is 659 g/mol. The highest BCUT2D eigenvalue weighted by molar-refractivity contribution is 14.1. The molecule has 0 amide bonds. The van der Waals surface area contributed by atoms with Crippen molar-refractivity contribution in [2.24, 2.45) is 4.99 Å². The molecule has 1 aliphatic heterocycles. The van der Waals surface area contributed by atoms with Crippen molar-refractivity contribution >= 4 is 51.4 Å². The molecule has 0 N–H and O–H groups in total. The summed E-state index contributed by atoms with van der Waals surface area (Å²) in [5.74, 6) is 0. The lowest BCUT2D eigenvalue weighted by Crippen LogP contribution is -2.38. The molecule has 0 radical (unpaired) electrons. The van der Waals surface area contributed by atoms with Crippen LogP contribution in [0, 0.1) is 27.5 Å². The van der Waals surface area contributed by atoms with Crippen molar-refractivity contribution in [1.82, 2.24) is 9.13 Å². The van der Waals surface area contributed by atoms with Gasteiger partial charge in [-0.25, -0.2) is 4.99 Å². The van der Waals surface area contributed by atoms with E-state index in [2.05, 4.69) is 83.5 Å². The van der Waals surface area contributed by atoms with Crippen molar-refractivity contribution in [2.75, 3.05) is 0 Å². The van der Waals surface area contributed by atoms with Gasteiger partial charge in [-0.05, 0) is 108 Å². The number of halogens is 1. The monoisotopic (exact) mass is 684 g/mol. The summed E-state index contributed by atoms with van der Waals surface area (Å²) in [5, 5.41) is 11.7. The molecule has 0 bridgehead atoms. The lowest BCUT2D eigenvalue weighted by atomic mass is 9.83. The van der Waals surface area contributed by atoms with E-state index in [0.717, 1.165) is 57.9 Å². The summed E-state index contributed by atoms with van der Waals surface area (Å²) in [6.45, 7) is 4.13. The van der Waals surface area contributed by atoms with Crippen LogP contribution < -0.4 is 14.9 Å². The molecule has 0 saturated heterocycles. The van der Waals surface area contributed by atoms with Crippen LogP contribution in [-0.2, 0) is 6.42 Å². The highest BCUT2D eigenvalue weighted by Crippen LogP contribution is 2.41. The fourth-order valence-electron chi connectivity index (χ4n) is 6.19. The number of nitro groups is 1. The van der Waals surface area contributed by atoms with Crippen LogP contribution in [0.15, 0.2) is 94.2 Å². The summed E-state index contributed by atoms with van der Waals surface area (Å²) in [6.07, 6.45) is 3.51. The van der Waals surface area contributed by atoms with Crippen molar-refractivity contribution in [3.05, 3.63) is 151 Å². The van der Waals surface area contributed by atoms with E-state index < -0.39 is 6.04 Å². The second kappa shape index (κ2) is 10.3. The summed E-state index contributed by atoms with van der Waals surface area (Å²) >= 11 is 3.67. The molecule has 5 aromatic rings. The quantitative estimate of drug-likeness (QED) is 0.128. The Kier molecular flexibility index (Phi) is 6.58. The molecule has 0 fully saturated rings. The largest absolute Gasteiger partial charge is 0.318 e. The molecule has 1 aliphatic carbocycles. The Morgan fingerprint density at radius 2 is 1.81 bits per heavy atom. The van der Waals surface area contributed by atoms with E-state index >= 15 is 0 Å². The molecule has 7 rings (SSSR count). The van der Waals surface area contributed by atoms with Crippen LogP contribution in [0.3, 0.4) is 0 Å².